The molecule has 20 heavy (non-hydrogen) atoms. The molecule has 0 bridgehead atoms. The van der Waals surface area contributed by atoms with Crippen molar-refractivity contribution in [2.45, 2.75) is 51.0 Å². The van der Waals surface area contributed by atoms with E-state index in [2.05, 4.69) is 5.10 Å². The number of ketones is 1. The van der Waals surface area contributed by atoms with Crippen molar-refractivity contribution in [3.8, 4) is 0 Å². The highest BCUT2D eigenvalue weighted by Crippen LogP contribution is 2.28. The minimum absolute atomic E-state index is 0.220. The molecule has 4 heteroatoms. The first-order valence-electron chi connectivity index (χ1n) is 7.39. The molecule has 0 spiro atoms. The van der Waals surface area contributed by atoms with Crippen LogP contribution in [0.5, 0.6) is 0 Å². The molecule has 0 aliphatic heterocycles. The SMILES string of the molecule is O=C(CCc1ccco1)Cc1ccn(C2CCCC2)n1. The molecule has 0 saturated heterocycles. The number of furan rings is 1. The quantitative estimate of drug-likeness (QED) is 0.810. The summed E-state index contributed by atoms with van der Waals surface area (Å²) in [5.74, 6) is 1.09. The predicted molar refractivity (Wildman–Crippen MR) is 75.5 cm³/mol. The molecule has 1 aliphatic rings. The van der Waals surface area contributed by atoms with Gasteiger partial charge in [-0.15, -0.1) is 0 Å². The van der Waals surface area contributed by atoms with E-state index in [9.17, 15) is 4.79 Å². The molecule has 0 amide bonds. The highest BCUT2D eigenvalue weighted by atomic mass is 16.3. The molecule has 1 fully saturated rings. The van der Waals surface area contributed by atoms with Gasteiger partial charge in [0, 0.05) is 19.0 Å². The third kappa shape index (κ3) is 3.18. The average molecular weight is 272 g/mol. The van der Waals surface area contributed by atoms with Gasteiger partial charge in [0.15, 0.2) is 0 Å². The number of nitrogens with zero attached hydrogens (tertiary/aromatic N) is 2. The standard InChI is InChI=1S/C16H20N2O2/c19-15(7-8-16-6-3-11-20-16)12-13-9-10-18(17-13)14-4-1-2-5-14/h3,6,9-11,14H,1-2,4-5,7-8,12H2. The van der Waals surface area contributed by atoms with Crippen LogP contribution in [0.15, 0.2) is 35.1 Å². The van der Waals surface area contributed by atoms with Crippen molar-refractivity contribution in [3.05, 3.63) is 42.1 Å². The van der Waals surface area contributed by atoms with Crippen molar-refractivity contribution in [2.75, 3.05) is 0 Å². The van der Waals surface area contributed by atoms with E-state index >= 15 is 0 Å². The first kappa shape index (κ1) is 13.2. The van der Waals surface area contributed by atoms with Crippen LogP contribution in [0.4, 0.5) is 0 Å². The molecule has 0 aromatic carbocycles. The Kier molecular flexibility index (Phi) is 4.00. The molecule has 2 aromatic rings. The van der Waals surface area contributed by atoms with Gasteiger partial charge in [0.25, 0.3) is 0 Å². The Balaban J connectivity index is 1.50. The lowest BCUT2D eigenvalue weighted by Gasteiger charge is -2.08. The fourth-order valence-electron chi connectivity index (χ4n) is 2.85. The van der Waals surface area contributed by atoms with E-state index in [1.165, 1.54) is 25.7 Å². The van der Waals surface area contributed by atoms with E-state index < -0.39 is 0 Å². The summed E-state index contributed by atoms with van der Waals surface area (Å²) in [6.07, 6.45) is 10.3. The average Bonchev–Trinajstić information content (AvgIpc) is 3.18. The Hall–Kier alpha value is -1.84. The highest BCUT2D eigenvalue weighted by Gasteiger charge is 2.18. The fraction of sp³-hybridized carbons (Fsp3) is 0.500. The van der Waals surface area contributed by atoms with Crippen LogP contribution in [0, 0.1) is 0 Å². The van der Waals surface area contributed by atoms with Gasteiger partial charge in [0.05, 0.1) is 24.4 Å². The van der Waals surface area contributed by atoms with Crippen LogP contribution in [-0.4, -0.2) is 15.6 Å². The maximum Gasteiger partial charge on any atom is 0.139 e. The molecule has 4 nitrogen and oxygen atoms in total. The number of carbonyl (C=O) groups is 1. The van der Waals surface area contributed by atoms with Crippen LogP contribution < -0.4 is 0 Å². The number of Topliss-reactive ketones (excluding diaryl/α,β-unsaturated/α-hetero) is 1. The van der Waals surface area contributed by atoms with E-state index in [0.717, 1.165) is 11.5 Å². The van der Waals surface area contributed by atoms with Crippen LogP contribution >= 0.6 is 0 Å². The van der Waals surface area contributed by atoms with Gasteiger partial charge in [0.1, 0.15) is 11.5 Å². The molecule has 106 valence electrons. The fourth-order valence-corrected chi connectivity index (χ4v) is 2.85. The van der Waals surface area contributed by atoms with E-state index in [4.69, 9.17) is 4.42 Å². The van der Waals surface area contributed by atoms with Crippen molar-refractivity contribution >= 4 is 5.78 Å². The van der Waals surface area contributed by atoms with Crippen molar-refractivity contribution in [2.24, 2.45) is 0 Å². The second-order valence-corrected chi connectivity index (χ2v) is 5.52. The summed E-state index contributed by atoms with van der Waals surface area (Å²) in [6.45, 7) is 0. The largest absolute Gasteiger partial charge is 0.469 e. The van der Waals surface area contributed by atoms with Gasteiger partial charge in [0.2, 0.25) is 0 Å². The Bertz CT molecular complexity index is 551. The van der Waals surface area contributed by atoms with Crippen LogP contribution in [0.25, 0.3) is 0 Å². The molecular weight excluding hydrogens is 252 g/mol. The number of hydrogen-bond donors (Lipinski definition) is 0. The van der Waals surface area contributed by atoms with Crippen molar-refractivity contribution < 1.29 is 9.21 Å². The first-order chi connectivity index (χ1) is 9.81. The third-order valence-corrected chi connectivity index (χ3v) is 3.97. The van der Waals surface area contributed by atoms with Gasteiger partial charge in [-0.1, -0.05) is 12.8 Å². The Morgan fingerprint density at radius 2 is 2.20 bits per heavy atom. The zero-order chi connectivity index (χ0) is 13.8. The highest BCUT2D eigenvalue weighted by molar-refractivity contribution is 5.80. The summed E-state index contributed by atoms with van der Waals surface area (Å²) in [4.78, 5) is 11.9. The zero-order valence-electron chi connectivity index (χ0n) is 11.6. The second kappa shape index (κ2) is 6.07. The van der Waals surface area contributed by atoms with Crippen molar-refractivity contribution in [1.82, 2.24) is 9.78 Å². The summed E-state index contributed by atoms with van der Waals surface area (Å²) in [5, 5.41) is 4.55. The smallest absolute Gasteiger partial charge is 0.139 e. The van der Waals surface area contributed by atoms with E-state index in [-0.39, 0.29) is 5.78 Å². The molecule has 0 unspecified atom stereocenters. The summed E-state index contributed by atoms with van der Waals surface area (Å²) < 4.78 is 7.28. The first-order valence-corrected chi connectivity index (χ1v) is 7.39. The van der Waals surface area contributed by atoms with Crippen molar-refractivity contribution in [3.63, 3.8) is 0 Å². The molecule has 2 heterocycles. The normalized spacial score (nSPS) is 15.8. The molecule has 0 N–H and O–H groups in total. The summed E-state index contributed by atoms with van der Waals surface area (Å²) in [7, 11) is 0. The van der Waals surface area contributed by atoms with Crippen LogP contribution in [0.1, 0.15) is 49.6 Å². The topological polar surface area (TPSA) is 48.0 Å². The lowest BCUT2D eigenvalue weighted by atomic mass is 10.1. The molecule has 1 saturated carbocycles. The van der Waals surface area contributed by atoms with Crippen LogP contribution in [0.3, 0.4) is 0 Å². The number of aromatic nitrogens is 2. The zero-order valence-corrected chi connectivity index (χ0v) is 11.6. The number of hydrogen-bond acceptors (Lipinski definition) is 3. The summed E-state index contributed by atoms with van der Waals surface area (Å²) in [5.41, 5.74) is 0.890. The number of aryl methyl sites for hydroxylation is 1. The maximum atomic E-state index is 11.9. The lowest BCUT2D eigenvalue weighted by Crippen LogP contribution is -2.08. The monoisotopic (exact) mass is 272 g/mol. The minimum atomic E-state index is 0.220. The Labute approximate surface area is 118 Å². The Morgan fingerprint density at radius 1 is 1.35 bits per heavy atom. The molecule has 2 aromatic heterocycles. The molecule has 0 atom stereocenters. The summed E-state index contributed by atoms with van der Waals surface area (Å²) >= 11 is 0. The lowest BCUT2D eigenvalue weighted by molar-refractivity contribution is -0.118. The summed E-state index contributed by atoms with van der Waals surface area (Å²) in [6, 6.07) is 6.27. The van der Waals surface area contributed by atoms with Gasteiger partial charge in [-0.05, 0) is 31.0 Å². The van der Waals surface area contributed by atoms with Gasteiger partial charge < -0.3 is 4.42 Å². The van der Waals surface area contributed by atoms with Crippen molar-refractivity contribution in [1.29, 1.82) is 0 Å². The minimum Gasteiger partial charge on any atom is -0.469 e. The number of rotatable bonds is 6. The van der Waals surface area contributed by atoms with E-state index in [1.807, 2.05) is 29.1 Å². The van der Waals surface area contributed by atoms with Gasteiger partial charge in [-0.25, -0.2) is 0 Å². The third-order valence-electron chi connectivity index (χ3n) is 3.97. The molecule has 1 aliphatic carbocycles. The molecular formula is C16H20N2O2. The predicted octanol–water partition coefficient (Wildman–Crippen LogP) is 3.34. The van der Waals surface area contributed by atoms with Gasteiger partial charge in [-0.2, -0.15) is 5.10 Å². The van der Waals surface area contributed by atoms with Gasteiger partial charge in [-0.3, -0.25) is 9.48 Å². The van der Waals surface area contributed by atoms with Crippen LogP contribution in [0.2, 0.25) is 0 Å². The van der Waals surface area contributed by atoms with Gasteiger partial charge >= 0.3 is 0 Å². The van der Waals surface area contributed by atoms with E-state index in [1.54, 1.807) is 6.26 Å². The van der Waals surface area contributed by atoms with Crippen LogP contribution in [-0.2, 0) is 17.6 Å². The second-order valence-electron chi connectivity index (χ2n) is 5.52. The maximum absolute atomic E-state index is 11.9. The molecule has 3 rings (SSSR count). The number of carbonyl (C=O) groups excluding carboxylic acids is 1. The molecule has 0 radical (unpaired) electrons. The Morgan fingerprint density at radius 3 is 2.95 bits per heavy atom. The van der Waals surface area contributed by atoms with E-state index in [0.29, 0.717) is 25.3 Å².